The minimum atomic E-state index is -0.715. The summed E-state index contributed by atoms with van der Waals surface area (Å²) in [6.07, 6.45) is 0.241. The van der Waals surface area contributed by atoms with Crippen molar-refractivity contribution in [2.45, 2.75) is 26.8 Å². The smallest absolute Gasteiger partial charge is 0.303 e. The van der Waals surface area contributed by atoms with Gasteiger partial charge in [0.15, 0.2) is 0 Å². The highest BCUT2D eigenvalue weighted by molar-refractivity contribution is 5.66. The Bertz CT molecular complexity index is 337. The Kier molecular flexibility index (Phi) is 5.70. The van der Waals surface area contributed by atoms with Crippen molar-refractivity contribution in [1.29, 1.82) is 0 Å². The summed E-state index contributed by atoms with van der Waals surface area (Å²) in [5.74, 6) is -0.524. The van der Waals surface area contributed by atoms with Crippen LogP contribution in [-0.4, -0.2) is 29.1 Å². The lowest BCUT2D eigenvalue weighted by Gasteiger charge is -2.23. The van der Waals surface area contributed by atoms with Gasteiger partial charge in [0, 0.05) is 19.5 Å². The van der Waals surface area contributed by atoms with E-state index in [1.807, 2.05) is 25.1 Å². The minimum Gasteiger partial charge on any atom is -0.481 e. The standard InChI is InChI=1S/C14H21NO2/c1-3-15(10-12(2)9-14(16)17)11-13-7-5-4-6-8-13/h4-8,12H,3,9-11H2,1-2H3,(H,16,17). The number of carboxylic acids is 1. The van der Waals surface area contributed by atoms with Crippen LogP contribution in [0.3, 0.4) is 0 Å². The van der Waals surface area contributed by atoms with E-state index in [1.165, 1.54) is 5.56 Å². The maximum absolute atomic E-state index is 10.6. The van der Waals surface area contributed by atoms with E-state index in [0.717, 1.165) is 19.6 Å². The molecule has 3 heteroatoms. The number of aliphatic carboxylic acids is 1. The van der Waals surface area contributed by atoms with E-state index >= 15 is 0 Å². The number of nitrogens with zero attached hydrogens (tertiary/aromatic N) is 1. The van der Waals surface area contributed by atoms with Crippen molar-refractivity contribution in [3.63, 3.8) is 0 Å². The molecule has 1 N–H and O–H groups in total. The molecule has 0 aromatic heterocycles. The Labute approximate surface area is 103 Å². The summed E-state index contributed by atoms with van der Waals surface area (Å²) in [6.45, 7) is 6.76. The molecule has 1 unspecified atom stereocenters. The van der Waals surface area contributed by atoms with Crippen molar-refractivity contribution in [2.75, 3.05) is 13.1 Å². The predicted molar refractivity (Wildman–Crippen MR) is 68.8 cm³/mol. The average Bonchev–Trinajstić information content (AvgIpc) is 2.28. The minimum absolute atomic E-state index is 0.191. The van der Waals surface area contributed by atoms with Crippen LogP contribution in [-0.2, 0) is 11.3 Å². The summed E-state index contributed by atoms with van der Waals surface area (Å²) in [5.41, 5.74) is 1.27. The first-order valence-electron chi connectivity index (χ1n) is 6.10. The van der Waals surface area contributed by atoms with Gasteiger partial charge in [0.05, 0.1) is 0 Å². The van der Waals surface area contributed by atoms with Gasteiger partial charge < -0.3 is 5.11 Å². The van der Waals surface area contributed by atoms with Crippen molar-refractivity contribution in [3.05, 3.63) is 35.9 Å². The lowest BCUT2D eigenvalue weighted by Crippen LogP contribution is -2.29. The van der Waals surface area contributed by atoms with Crippen molar-refractivity contribution in [3.8, 4) is 0 Å². The molecule has 1 rings (SSSR count). The van der Waals surface area contributed by atoms with Crippen LogP contribution in [0.15, 0.2) is 30.3 Å². The van der Waals surface area contributed by atoms with Crippen LogP contribution in [0.2, 0.25) is 0 Å². The lowest BCUT2D eigenvalue weighted by atomic mass is 10.1. The molecule has 17 heavy (non-hydrogen) atoms. The zero-order valence-corrected chi connectivity index (χ0v) is 10.6. The fourth-order valence-electron chi connectivity index (χ4n) is 1.95. The van der Waals surface area contributed by atoms with Crippen LogP contribution in [0.5, 0.6) is 0 Å². The first-order valence-corrected chi connectivity index (χ1v) is 6.10. The Morgan fingerprint density at radius 3 is 2.53 bits per heavy atom. The van der Waals surface area contributed by atoms with Gasteiger partial charge in [-0.2, -0.15) is 0 Å². The molecule has 1 atom stereocenters. The highest BCUT2D eigenvalue weighted by atomic mass is 16.4. The molecule has 0 aliphatic rings. The molecule has 0 saturated heterocycles. The zero-order chi connectivity index (χ0) is 12.7. The van der Waals surface area contributed by atoms with E-state index in [4.69, 9.17) is 5.11 Å². The molecular formula is C14H21NO2. The van der Waals surface area contributed by atoms with E-state index in [-0.39, 0.29) is 12.3 Å². The van der Waals surface area contributed by atoms with Gasteiger partial charge in [0.1, 0.15) is 0 Å². The SMILES string of the molecule is CCN(Cc1ccccc1)CC(C)CC(=O)O. The molecule has 0 fully saturated rings. The molecular weight excluding hydrogens is 214 g/mol. The Hall–Kier alpha value is -1.35. The number of hydrogen-bond donors (Lipinski definition) is 1. The average molecular weight is 235 g/mol. The van der Waals surface area contributed by atoms with Crippen molar-refractivity contribution >= 4 is 5.97 Å². The second-order valence-electron chi connectivity index (χ2n) is 4.52. The monoisotopic (exact) mass is 235 g/mol. The molecule has 94 valence electrons. The first-order chi connectivity index (χ1) is 8.11. The number of carboxylic acid groups (broad SMARTS) is 1. The second-order valence-corrected chi connectivity index (χ2v) is 4.52. The Morgan fingerprint density at radius 2 is 2.00 bits per heavy atom. The van der Waals surface area contributed by atoms with E-state index in [1.54, 1.807) is 0 Å². The van der Waals surface area contributed by atoms with Gasteiger partial charge in [-0.15, -0.1) is 0 Å². The third-order valence-corrected chi connectivity index (χ3v) is 2.79. The van der Waals surface area contributed by atoms with Gasteiger partial charge in [-0.05, 0) is 18.0 Å². The van der Waals surface area contributed by atoms with E-state index < -0.39 is 5.97 Å². The highest BCUT2D eigenvalue weighted by Crippen LogP contribution is 2.09. The molecule has 1 aromatic carbocycles. The highest BCUT2D eigenvalue weighted by Gasteiger charge is 2.12. The molecule has 0 amide bonds. The number of benzene rings is 1. The third-order valence-electron chi connectivity index (χ3n) is 2.79. The number of hydrogen-bond acceptors (Lipinski definition) is 2. The quantitative estimate of drug-likeness (QED) is 0.789. The second kappa shape index (κ2) is 7.07. The molecule has 0 heterocycles. The van der Waals surface area contributed by atoms with Crippen LogP contribution >= 0.6 is 0 Å². The number of rotatable bonds is 7. The number of carbonyl (C=O) groups is 1. The molecule has 0 aliphatic heterocycles. The van der Waals surface area contributed by atoms with Gasteiger partial charge in [0.25, 0.3) is 0 Å². The van der Waals surface area contributed by atoms with E-state index in [2.05, 4.69) is 24.0 Å². The van der Waals surface area contributed by atoms with Crippen LogP contribution in [0.4, 0.5) is 0 Å². The van der Waals surface area contributed by atoms with Crippen LogP contribution in [0.1, 0.15) is 25.8 Å². The van der Waals surface area contributed by atoms with Crippen molar-refractivity contribution in [1.82, 2.24) is 4.90 Å². The molecule has 0 spiro atoms. The summed E-state index contributed by atoms with van der Waals surface area (Å²) >= 11 is 0. The van der Waals surface area contributed by atoms with Crippen LogP contribution in [0.25, 0.3) is 0 Å². The Balaban J connectivity index is 2.46. The molecule has 0 bridgehead atoms. The van der Waals surface area contributed by atoms with Gasteiger partial charge in [-0.25, -0.2) is 0 Å². The van der Waals surface area contributed by atoms with Gasteiger partial charge in [-0.1, -0.05) is 44.2 Å². The summed E-state index contributed by atoms with van der Waals surface area (Å²) in [6, 6.07) is 10.3. The zero-order valence-electron chi connectivity index (χ0n) is 10.6. The summed E-state index contributed by atoms with van der Waals surface area (Å²) in [7, 11) is 0. The predicted octanol–water partition coefficient (Wildman–Crippen LogP) is 2.62. The lowest BCUT2D eigenvalue weighted by molar-refractivity contribution is -0.138. The van der Waals surface area contributed by atoms with Crippen LogP contribution < -0.4 is 0 Å². The van der Waals surface area contributed by atoms with Gasteiger partial charge in [-0.3, -0.25) is 9.69 Å². The Morgan fingerprint density at radius 1 is 1.35 bits per heavy atom. The first kappa shape index (κ1) is 13.7. The summed E-state index contributed by atoms with van der Waals surface area (Å²) in [5, 5.41) is 8.74. The molecule has 0 saturated carbocycles. The van der Waals surface area contributed by atoms with E-state index in [9.17, 15) is 4.79 Å². The van der Waals surface area contributed by atoms with Gasteiger partial charge in [0.2, 0.25) is 0 Å². The largest absolute Gasteiger partial charge is 0.481 e. The summed E-state index contributed by atoms with van der Waals surface area (Å²) in [4.78, 5) is 12.9. The van der Waals surface area contributed by atoms with Crippen molar-refractivity contribution in [2.24, 2.45) is 5.92 Å². The van der Waals surface area contributed by atoms with Crippen LogP contribution in [0, 0.1) is 5.92 Å². The molecule has 1 aromatic rings. The topological polar surface area (TPSA) is 40.5 Å². The fourth-order valence-corrected chi connectivity index (χ4v) is 1.95. The fraction of sp³-hybridized carbons (Fsp3) is 0.500. The molecule has 3 nitrogen and oxygen atoms in total. The molecule has 0 radical (unpaired) electrons. The van der Waals surface area contributed by atoms with Gasteiger partial charge >= 0.3 is 5.97 Å². The third kappa shape index (κ3) is 5.50. The van der Waals surface area contributed by atoms with E-state index in [0.29, 0.717) is 0 Å². The maximum Gasteiger partial charge on any atom is 0.303 e. The molecule has 0 aliphatic carbocycles. The normalized spacial score (nSPS) is 12.6. The summed E-state index contributed by atoms with van der Waals surface area (Å²) < 4.78 is 0. The maximum atomic E-state index is 10.6. The van der Waals surface area contributed by atoms with Crippen molar-refractivity contribution < 1.29 is 9.90 Å².